The highest BCUT2D eigenvalue weighted by molar-refractivity contribution is 9.10. The zero-order chi connectivity index (χ0) is 14.0. The molecule has 2 rings (SSSR count). The highest BCUT2D eigenvalue weighted by Crippen LogP contribution is 2.23. The number of halogens is 1. The molecule has 0 aromatic carbocycles. The van der Waals surface area contributed by atoms with Gasteiger partial charge in [0.25, 0.3) is 0 Å². The van der Waals surface area contributed by atoms with E-state index in [1.54, 1.807) is 6.20 Å². The Balaban J connectivity index is 2.10. The molecule has 1 aromatic heterocycles. The van der Waals surface area contributed by atoms with E-state index in [4.69, 9.17) is 5.11 Å². The minimum atomic E-state index is -1.06. The van der Waals surface area contributed by atoms with E-state index in [9.17, 15) is 9.59 Å². The van der Waals surface area contributed by atoms with Crippen LogP contribution in [0.5, 0.6) is 0 Å². The summed E-state index contributed by atoms with van der Waals surface area (Å²) in [5.74, 6) is 0.0739. The molecule has 0 unspecified atom stereocenters. The van der Waals surface area contributed by atoms with Crippen molar-refractivity contribution in [1.82, 2.24) is 9.88 Å². The van der Waals surface area contributed by atoms with Crippen LogP contribution >= 0.6 is 15.9 Å². The van der Waals surface area contributed by atoms with Gasteiger partial charge < -0.3 is 10.4 Å². The Morgan fingerprint density at radius 1 is 1.58 bits per heavy atom. The van der Waals surface area contributed by atoms with Crippen LogP contribution < -0.4 is 5.32 Å². The van der Waals surface area contributed by atoms with Gasteiger partial charge in [0.1, 0.15) is 11.9 Å². The van der Waals surface area contributed by atoms with Crippen LogP contribution in [0.15, 0.2) is 16.7 Å². The van der Waals surface area contributed by atoms with Gasteiger partial charge in [-0.15, -0.1) is 0 Å². The van der Waals surface area contributed by atoms with Crippen LogP contribution in [0.4, 0.5) is 10.6 Å². The summed E-state index contributed by atoms with van der Waals surface area (Å²) >= 11 is 3.32. The lowest BCUT2D eigenvalue weighted by atomic mass is 10.2. The number of carbonyl (C=O) groups is 2. The first-order chi connectivity index (χ1) is 8.99. The predicted molar refractivity (Wildman–Crippen MR) is 73.1 cm³/mol. The van der Waals surface area contributed by atoms with Crippen LogP contribution in [0.25, 0.3) is 0 Å². The number of hydrogen-bond donors (Lipinski definition) is 2. The van der Waals surface area contributed by atoms with E-state index in [-0.39, 0.29) is 5.91 Å². The molecule has 19 heavy (non-hydrogen) atoms. The molecule has 0 bridgehead atoms. The van der Waals surface area contributed by atoms with Gasteiger partial charge in [0.2, 0.25) is 5.91 Å². The first kappa shape index (κ1) is 13.8. The third kappa shape index (κ3) is 3.04. The number of aromatic nitrogens is 1. The van der Waals surface area contributed by atoms with Gasteiger partial charge >= 0.3 is 6.09 Å². The Bertz CT molecular complexity index is 521. The van der Waals surface area contributed by atoms with Gasteiger partial charge in [-0.05, 0) is 47.3 Å². The van der Waals surface area contributed by atoms with Gasteiger partial charge in [-0.2, -0.15) is 0 Å². The summed E-state index contributed by atoms with van der Waals surface area (Å²) in [5, 5.41) is 11.7. The minimum Gasteiger partial charge on any atom is -0.465 e. The molecular weight excluding hydrogens is 314 g/mol. The molecule has 102 valence electrons. The molecule has 1 saturated heterocycles. The van der Waals surface area contributed by atoms with Crippen LogP contribution in [0, 0.1) is 6.92 Å². The number of likely N-dealkylation sites (tertiary alicyclic amines) is 1. The molecule has 1 aromatic rings. The fourth-order valence-electron chi connectivity index (χ4n) is 2.09. The van der Waals surface area contributed by atoms with Gasteiger partial charge in [-0.1, -0.05) is 0 Å². The standard InChI is InChI=1S/C12H14BrN3O3/c1-7-5-8(13)10(14-6-7)15-11(17)9-3-2-4-16(9)12(18)19/h5-6,9H,2-4H2,1H3,(H,18,19)(H,14,15,17)/t9-/m1/s1. The lowest BCUT2D eigenvalue weighted by Crippen LogP contribution is -2.42. The van der Waals surface area contributed by atoms with E-state index >= 15 is 0 Å². The maximum atomic E-state index is 12.1. The molecule has 0 spiro atoms. The Hall–Kier alpha value is -1.63. The fraction of sp³-hybridized carbons (Fsp3) is 0.417. The number of hydrogen-bond acceptors (Lipinski definition) is 3. The number of aryl methyl sites for hydroxylation is 1. The highest BCUT2D eigenvalue weighted by Gasteiger charge is 2.34. The van der Waals surface area contributed by atoms with Gasteiger partial charge in [-0.25, -0.2) is 9.78 Å². The molecule has 2 N–H and O–H groups in total. The first-order valence-corrected chi connectivity index (χ1v) is 6.71. The van der Waals surface area contributed by atoms with Gasteiger partial charge in [0.05, 0.1) is 4.47 Å². The largest absolute Gasteiger partial charge is 0.465 e. The van der Waals surface area contributed by atoms with Gasteiger partial charge in [0.15, 0.2) is 0 Å². The Morgan fingerprint density at radius 2 is 2.32 bits per heavy atom. The van der Waals surface area contributed by atoms with E-state index in [1.165, 1.54) is 0 Å². The molecule has 2 heterocycles. The molecule has 1 aliphatic rings. The molecule has 7 heteroatoms. The first-order valence-electron chi connectivity index (χ1n) is 5.91. The number of carboxylic acid groups (broad SMARTS) is 1. The molecule has 0 aliphatic carbocycles. The van der Waals surface area contributed by atoms with Crippen LogP contribution in [0.3, 0.4) is 0 Å². The van der Waals surface area contributed by atoms with E-state index in [0.29, 0.717) is 29.7 Å². The third-order valence-corrected chi connectivity index (χ3v) is 3.63. The molecule has 0 saturated carbocycles. The smallest absolute Gasteiger partial charge is 0.407 e. The highest BCUT2D eigenvalue weighted by atomic mass is 79.9. The number of rotatable bonds is 2. The zero-order valence-electron chi connectivity index (χ0n) is 10.4. The van der Waals surface area contributed by atoms with E-state index < -0.39 is 12.1 Å². The number of carbonyl (C=O) groups excluding carboxylic acids is 1. The molecule has 2 amide bonds. The summed E-state index contributed by atoms with van der Waals surface area (Å²) in [7, 11) is 0. The van der Waals surface area contributed by atoms with Crippen LogP contribution in [-0.2, 0) is 4.79 Å². The second-order valence-electron chi connectivity index (χ2n) is 4.47. The van der Waals surface area contributed by atoms with Crippen molar-refractivity contribution in [3.63, 3.8) is 0 Å². The number of amides is 2. The van der Waals surface area contributed by atoms with Crippen molar-refractivity contribution in [1.29, 1.82) is 0 Å². The van der Waals surface area contributed by atoms with Crippen molar-refractivity contribution >= 4 is 33.7 Å². The number of nitrogens with one attached hydrogen (secondary N) is 1. The van der Waals surface area contributed by atoms with E-state index in [2.05, 4.69) is 26.2 Å². The average Bonchev–Trinajstić information content (AvgIpc) is 2.82. The summed E-state index contributed by atoms with van der Waals surface area (Å²) in [6.45, 7) is 2.29. The quantitative estimate of drug-likeness (QED) is 0.872. The van der Waals surface area contributed by atoms with E-state index in [1.807, 2.05) is 13.0 Å². The Morgan fingerprint density at radius 3 is 2.95 bits per heavy atom. The summed E-state index contributed by atoms with van der Waals surface area (Å²) in [6.07, 6.45) is 1.83. The summed E-state index contributed by atoms with van der Waals surface area (Å²) in [5.41, 5.74) is 0.970. The summed E-state index contributed by atoms with van der Waals surface area (Å²) in [6, 6.07) is 1.21. The van der Waals surface area contributed by atoms with Crippen molar-refractivity contribution in [2.75, 3.05) is 11.9 Å². The molecule has 1 atom stereocenters. The second kappa shape index (κ2) is 5.56. The van der Waals surface area contributed by atoms with Gasteiger partial charge in [0, 0.05) is 12.7 Å². The van der Waals surface area contributed by atoms with Crippen molar-refractivity contribution < 1.29 is 14.7 Å². The lowest BCUT2D eigenvalue weighted by Gasteiger charge is -2.20. The lowest BCUT2D eigenvalue weighted by molar-refractivity contribution is -0.119. The van der Waals surface area contributed by atoms with Crippen LogP contribution in [0.2, 0.25) is 0 Å². The van der Waals surface area contributed by atoms with Crippen molar-refractivity contribution in [2.45, 2.75) is 25.8 Å². The molecule has 1 aliphatic heterocycles. The number of nitrogens with zero attached hydrogens (tertiary/aromatic N) is 2. The zero-order valence-corrected chi connectivity index (χ0v) is 12.0. The summed E-state index contributed by atoms with van der Waals surface area (Å²) in [4.78, 5) is 28.4. The molecule has 1 fully saturated rings. The summed E-state index contributed by atoms with van der Waals surface area (Å²) < 4.78 is 0.681. The average molecular weight is 328 g/mol. The van der Waals surface area contributed by atoms with E-state index in [0.717, 1.165) is 10.5 Å². The van der Waals surface area contributed by atoms with Crippen molar-refractivity contribution in [3.05, 3.63) is 22.3 Å². The number of pyridine rings is 1. The fourth-order valence-corrected chi connectivity index (χ4v) is 2.66. The van der Waals surface area contributed by atoms with Crippen molar-refractivity contribution in [2.24, 2.45) is 0 Å². The second-order valence-corrected chi connectivity index (χ2v) is 5.32. The SMILES string of the molecule is Cc1cnc(NC(=O)[C@H]2CCCN2C(=O)O)c(Br)c1. The predicted octanol–water partition coefficient (Wildman–Crippen LogP) is 2.23. The Labute approximate surface area is 118 Å². The maximum Gasteiger partial charge on any atom is 0.407 e. The maximum absolute atomic E-state index is 12.1. The normalized spacial score (nSPS) is 18.4. The topological polar surface area (TPSA) is 82.5 Å². The van der Waals surface area contributed by atoms with Crippen molar-refractivity contribution in [3.8, 4) is 0 Å². The van der Waals surface area contributed by atoms with Gasteiger partial charge in [-0.3, -0.25) is 9.69 Å². The number of anilines is 1. The van der Waals surface area contributed by atoms with Crippen LogP contribution in [0.1, 0.15) is 18.4 Å². The molecular formula is C12H14BrN3O3. The van der Waals surface area contributed by atoms with Crippen LogP contribution in [-0.4, -0.2) is 39.6 Å². The molecule has 6 nitrogen and oxygen atoms in total. The monoisotopic (exact) mass is 327 g/mol. The Kier molecular flexibility index (Phi) is 4.04. The molecule has 0 radical (unpaired) electrons. The minimum absolute atomic E-state index is 0.336. The third-order valence-electron chi connectivity index (χ3n) is 3.02.